The highest BCUT2D eigenvalue weighted by Crippen LogP contribution is 2.37. The Morgan fingerprint density at radius 3 is 2.37 bits per heavy atom. The van der Waals surface area contributed by atoms with Gasteiger partial charge >= 0.3 is 6.18 Å². The fourth-order valence-corrected chi connectivity index (χ4v) is 4.50. The van der Waals surface area contributed by atoms with Crippen molar-refractivity contribution in [3.63, 3.8) is 0 Å². The van der Waals surface area contributed by atoms with E-state index in [4.69, 9.17) is 0 Å². The molecule has 5 nitrogen and oxygen atoms in total. The Balaban J connectivity index is 2.37. The number of hydrogen-bond acceptors (Lipinski definition) is 4. The van der Waals surface area contributed by atoms with Gasteiger partial charge in [-0.1, -0.05) is 0 Å². The molecule has 0 bridgehead atoms. The molecule has 2 aliphatic heterocycles. The third-order valence-electron chi connectivity index (χ3n) is 3.48. The van der Waals surface area contributed by atoms with Gasteiger partial charge in [-0.05, 0) is 20.3 Å². The predicted octanol–water partition coefficient (Wildman–Crippen LogP) is 0.960. The van der Waals surface area contributed by atoms with Gasteiger partial charge in [0.1, 0.15) is 0 Å². The van der Waals surface area contributed by atoms with Gasteiger partial charge in [0.25, 0.3) is 5.91 Å². The van der Waals surface area contributed by atoms with Gasteiger partial charge in [0, 0.05) is 0 Å². The number of rotatable bonds is 1. The molecule has 1 amide bonds. The van der Waals surface area contributed by atoms with Crippen LogP contribution >= 0.6 is 0 Å². The lowest BCUT2D eigenvalue weighted by molar-refractivity contribution is -0.136. The van der Waals surface area contributed by atoms with Crippen LogP contribution in [0.3, 0.4) is 0 Å². The Hall–Kier alpha value is -1.12. The summed E-state index contributed by atoms with van der Waals surface area (Å²) in [5.41, 5.74) is -2.35. The van der Waals surface area contributed by atoms with Crippen molar-refractivity contribution in [3.05, 3.63) is 0 Å². The smallest absolute Gasteiger partial charge is 0.272 e. The maximum absolute atomic E-state index is 12.7. The van der Waals surface area contributed by atoms with Crippen LogP contribution in [0.4, 0.5) is 13.2 Å². The minimum atomic E-state index is -4.68. The number of carbonyl (C=O) groups excluding carboxylic acids is 1. The zero-order valence-corrected chi connectivity index (χ0v) is 11.2. The van der Waals surface area contributed by atoms with E-state index in [0.717, 1.165) is 6.92 Å². The molecule has 0 aliphatic carbocycles. The maximum atomic E-state index is 12.7. The summed E-state index contributed by atoms with van der Waals surface area (Å²) >= 11 is 0. The molecule has 0 aromatic heterocycles. The number of alkyl halides is 3. The highest BCUT2D eigenvalue weighted by molar-refractivity contribution is 7.91. The van der Waals surface area contributed by atoms with Crippen molar-refractivity contribution in [3.8, 4) is 0 Å². The van der Waals surface area contributed by atoms with Gasteiger partial charge in [0.15, 0.2) is 15.5 Å². The summed E-state index contributed by atoms with van der Waals surface area (Å²) in [5, 5.41) is 4.06. The molecule has 2 rings (SSSR count). The van der Waals surface area contributed by atoms with Crippen LogP contribution in [0.1, 0.15) is 20.3 Å². The Morgan fingerprint density at radius 1 is 1.42 bits per heavy atom. The Kier molecular flexibility index (Phi) is 2.96. The Morgan fingerprint density at radius 2 is 2.00 bits per heavy atom. The fourth-order valence-electron chi connectivity index (χ4n) is 2.39. The molecule has 1 fully saturated rings. The van der Waals surface area contributed by atoms with Gasteiger partial charge in [-0.2, -0.15) is 18.3 Å². The van der Waals surface area contributed by atoms with E-state index >= 15 is 0 Å². The van der Waals surface area contributed by atoms with Crippen LogP contribution in [-0.2, 0) is 14.6 Å². The van der Waals surface area contributed by atoms with E-state index in [2.05, 4.69) is 5.10 Å². The summed E-state index contributed by atoms with van der Waals surface area (Å²) in [5.74, 6) is -2.68. The number of hydrazone groups is 1. The quantitative estimate of drug-likeness (QED) is 0.724. The molecule has 0 N–H and O–H groups in total. The van der Waals surface area contributed by atoms with Crippen molar-refractivity contribution >= 4 is 21.5 Å². The maximum Gasteiger partial charge on any atom is 0.432 e. The fraction of sp³-hybridized carbons (Fsp3) is 0.800. The van der Waals surface area contributed by atoms with E-state index in [0.29, 0.717) is 5.01 Å². The topological polar surface area (TPSA) is 66.8 Å². The molecule has 2 heterocycles. The van der Waals surface area contributed by atoms with Crippen molar-refractivity contribution in [2.24, 2.45) is 11.0 Å². The molecule has 0 radical (unpaired) electrons. The lowest BCUT2D eigenvalue weighted by Gasteiger charge is -2.30. The number of sulfone groups is 1. The molecule has 9 heteroatoms. The first kappa shape index (κ1) is 14.3. The van der Waals surface area contributed by atoms with Crippen molar-refractivity contribution in [2.45, 2.75) is 32.0 Å². The molecular weight excluding hydrogens is 285 g/mol. The Labute approximate surface area is 108 Å². The van der Waals surface area contributed by atoms with Crippen molar-refractivity contribution in [2.75, 3.05) is 11.5 Å². The van der Waals surface area contributed by atoms with E-state index < -0.39 is 39.1 Å². The first-order chi connectivity index (χ1) is 8.46. The lowest BCUT2D eigenvalue weighted by atomic mass is 9.99. The number of hydrogen-bond donors (Lipinski definition) is 0. The lowest BCUT2D eigenvalue weighted by Crippen LogP contribution is -2.46. The highest BCUT2D eigenvalue weighted by atomic mass is 32.2. The second kappa shape index (κ2) is 3.94. The Bertz CT molecular complexity index is 555. The molecule has 0 aromatic rings. The van der Waals surface area contributed by atoms with Crippen LogP contribution in [0.2, 0.25) is 0 Å². The van der Waals surface area contributed by atoms with E-state index in [-0.39, 0.29) is 17.9 Å². The first-order valence-corrected chi connectivity index (χ1v) is 7.49. The molecule has 108 valence electrons. The average molecular weight is 298 g/mol. The highest BCUT2D eigenvalue weighted by Gasteiger charge is 2.54. The van der Waals surface area contributed by atoms with Crippen LogP contribution in [0.15, 0.2) is 5.10 Å². The molecule has 2 aliphatic rings. The molecule has 2 atom stereocenters. The largest absolute Gasteiger partial charge is 0.432 e. The normalized spacial score (nSPS) is 34.8. The van der Waals surface area contributed by atoms with Gasteiger partial charge in [-0.3, -0.25) is 4.79 Å². The van der Waals surface area contributed by atoms with E-state index in [9.17, 15) is 26.4 Å². The molecule has 0 saturated carbocycles. The van der Waals surface area contributed by atoms with Crippen LogP contribution in [0.25, 0.3) is 0 Å². The third-order valence-corrected chi connectivity index (χ3v) is 5.37. The monoisotopic (exact) mass is 298 g/mol. The van der Waals surface area contributed by atoms with Crippen LogP contribution in [0.5, 0.6) is 0 Å². The summed E-state index contributed by atoms with van der Waals surface area (Å²) in [6.07, 6.45) is -4.58. The minimum absolute atomic E-state index is 0.0996. The van der Waals surface area contributed by atoms with E-state index in [1.165, 1.54) is 6.92 Å². The zero-order chi connectivity index (χ0) is 14.6. The molecule has 19 heavy (non-hydrogen) atoms. The van der Waals surface area contributed by atoms with Gasteiger partial charge in [-0.25, -0.2) is 13.4 Å². The summed E-state index contributed by atoms with van der Waals surface area (Å²) in [6, 6.07) is 0. The van der Waals surface area contributed by atoms with Crippen LogP contribution < -0.4 is 0 Å². The summed E-state index contributed by atoms with van der Waals surface area (Å²) in [6.45, 7) is 2.58. The van der Waals surface area contributed by atoms with Crippen LogP contribution in [0, 0.1) is 5.92 Å². The first-order valence-electron chi connectivity index (χ1n) is 5.66. The standard InChI is InChI=1S/C10H13F3N2O3S/c1-6-7(10(11,12)13)14-15(8(6)16)9(2)3-4-19(17,18)5-9/h6H,3-5H2,1-2H3. The van der Waals surface area contributed by atoms with Crippen molar-refractivity contribution in [1.82, 2.24) is 5.01 Å². The summed E-state index contributed by atoms with van der Waals surface area (Å²) < 4.78 is 61.0. The van der Waals surface area contributed by atoms with Gasteiger partial charge < -0.3 is 0 Å². The molecule has 1 saturated heterocycles. The number of halogens is 3. The predicted molar refractivity (Wildman–Crippen MR) is 61.2 cm³/mol. The molecule has 0 aromatic carbocycles. The summed E-state index contributed by atoms with van der Waals surface area (Å²) in [4.78, 5) is 11.9. The number of amides is 1. The molecule has 0 spiro atoms. The average Bonchev–Trinajstić information content (AvgIpc) is 2.67. The number of carbonyl (C=O) groups is 1. The van der Waals surface area contributed by atoms with Crippen LogP contribution in [-0.4, -0.2) is 48.3 Å². The van der Waals surface area contributed by atoms with Gasteiger partial charge in [-0.15, -0.1) is 0 Å². The number of nitrogens with zero attached hydrogens (tertiary/aromatic N) is 2. The van der Waals surface area contributed by atoms with Crippen molar-refractivity contribution in [1.29, 1.82) is 0 Å². The van der Waals surface area contributed by atoms with Gasteiger partial charge in [0.05, 0.1) is 23.0 Å². The second-order valence-electron chi connectivity index (χ2n) is 5.19. The third kappa shape index (κ3) is 2.35. The van der Waals surface area contributed by atoms with E-state index in [1.54, 1.807) is 0 Å². The second-order valence-corrected chi connectivity index (χ2v) is 7.38. The molecule has 2 unspecified atom stereocenters. The minimum Gasteiger partial charge on any atom is -0.272 e. The summed E-state index contributed by atoms with van der Waals surface area (Å²) in [7, 11) is -3.33. The van der Waals surface area contributed by atoms with Crippen molar-refractivity contribution < 1.29 is 26.4 Å². The van der Waals surface area contributed by atoms with E-state index in [1.807, 2.05) is 0 Å². The van der Waals surface area contributed by atoms with Gasteiger partial charge in [0.2, 0.25) is 0 Å². The molecular formula is C10H13F3N2O3S. The SMILES string of the molecule is CC1C(=O)N(C2(C)CCS(=O)(=O)C2)N=C1C(F)(F)F. The zero-order valence-electron chi connectivity index (χ0n) is 10.4.